The van der Waals surface area contributed by atoms with E-state index in [4.69, 9.17) is 5.11 Å². The van der Waals surface area contributed by atoms with Crippen molar-refractivity contribution in [3.63, 3.8) is 0 Å². The summed E-state index contributed by atoms with van der Waals surface area (Å²) in [6.07, 6.45) is 3.06. The Bertz CT molecular complexity index is 434. The van der Waals surface area contributed by atoms with Crippen LogP contribution in [0.5, 0.6) is 0 Å². The summed E-state index contributed by atoms with van der Waals surface area (Å²) in [5.74, 6) is -0.775. The molecule has 1 aromatic heterocycles. The molecule has 2 amide bonds. The number of hydrogen-bond donors (Lipinski definition) is 2. The van der Waals surface area contributed by atoms with Gasteiger partial charge in [-0.25, -0.2) is 4.79 Å². The molecule has 2 heterocycles. The number of carboxylic acid groups (broad SMARTS) is 1. The lowest BCUT2D eigenvalue weighted by Gasteiger charge is -2.30. The summed E-state index contributed by atoms with van der Waals surface area (Å²) in [6.45, 7) is 1.26. The van der Waals surface area contributed by atoms with E-state index in [-0.39, 0.29) is 12.6 Å². The van der Waals surface area contributed by atoms with Gasteiger partial charge in [0.25, 0.3) is 0 Å². The fourth-order valence-corrected chi connectivity index (χ4v) is 2.06. The first-order chi connectivity index (χ1) is 9.16. The highest BCUT2D eigenvalue weighted by atomic mass is 16.5. The molecule has 2 N–H and O–H groups in total. The first-order valence-electron chi connectivity index (χ1n) is 6.17. The summed E-state index contributed by atoms with van der Waals surface area (Å²) < 4.78 is 4.58. The van der Waals surface area contributed by atoms with Crippen LogP contribution < -0.4 is 5.32 Å². The number of piperidine rings is 1. The fraction of sp³-hybridized carbons (Fsp3) is 0.636. The molecule has 19 heavy (non-hydrogen) atoms. The maximum atomic E-state index is 11.9. The van der Waals surface area contributed by atoms with E-state index in [1.54, 1.807) is 4.90 Å². The van der Waals surface area contributed by atoms with E-state index >= 15 is 0 Å². The average Bonchev–Trinajstić information content (AvgIpc) is 2.92. The predicted octanol–water partition coefficient (Wildman–Crippen LogP) is 0.118. The van der Waals surface area contributed by atoms with Gasteiger partial charge in [-0.2, -0.15) is 4.98 Å². The lowest BCUT2D eigenvalue weighted by Crippen LogP contribution is -2.47. The van der Waals surface area contributed by atoms with Crippen molar-refractivity contribution in [1.29, 1.82) is 0 Å². The van der Waals surface area contributed by atoms with Gasteiger partial charge >= 0.3 is 12.0 Å². The molecule has 1 atom stereocenters. The molecule has 8 heteroatoms. The Balaban J connectivity index is 1.74. The third-order valence-corrected chi connectivity index (χ3v) is 3.09. The molecule has 104 valence electrons. The van der Waals surface area contributed by atoms with Crippen molar-refractivity contribution >= 4 is 12.0 Å². The average molecular weight is 268 g/mol. The van der Waals surface area contributed by atoms with Gasteiger partial charge < -0.3 is 19.8 Å². The van der Waals surface area contributed by atoms with Crippen LogP contribution in [-0.4, -0.2) is 51.8 Å². The van der Waals surface area contributed by atoms with Crippen LogP contribution in [0.3, 0.4) is 0 Å². The smallest absolute Gasteiger partial charge is 0.317 e. The highest BCUT2D eigenvalue weighted by Gasteiger charge is 2.27. The number of nitrogens with zero attached hydrogens (tertiary/aromatic N) is 3. The van der Waals surface area contributed by atoms with Crippen LogP contribution in [-0.2, 0) is 11.2 Å². The van der Waals surface area contributed by atoms with Crippen LogP contribution in [0.1, 0.15) is 18.7 Å². The molecule has 0 aliphatic carbocycles. The maximum Gasteiger partial charge on any atom is 0.317 e. The molecule has 1 saturated heterocycles. The number of rotatable bonds is 4. The van der Waals surface area contributed by atoms with E-state index in [9.17, 15) is 9.59 Å². The minimum absolute atomic E-state index is 0.241. The molecular weight excluding hydrogens is 252 g/mol. The van der Waals surface area contributed by atoms with Crippen molar-refractivity contribution in [1.82, 2.24) is 20.4 Å². The van der Waals surface area contributed by atoms with Gasteiger partial charge in [0.1, 0.15) is 0 Å². The lowest BCUT2D eigenvalue weighted by molar-refractivity contribution is -0.143. The van der Waals surface area contributed by atoms with E-state index in [2.05, 4.69) is 20.0 Å². The molecule has 1 aliphatic heterocycles. The van der Waals surface area contributed by atoms with Crippen molar-refractivity contribution in [2.75, 3.05) is 19.6 Å². The number of hydrogen-bond acceptors (Lipinski definition) is 5. The topological polar surface area (TPSA) is 109 Å². The Hall–Kier alpha value is -2.12. The zero-order chi connectivity index (χ0) is 13.7. The predicted molar refractivity (Wildman–Crippen MR) is 63.3 cm³/mol. The van der Waals surface area contributed by atoms with E-state index in [1.165, 1.54) is 6.39 Å². The first-order valence-corrected chi connectivity index (χ1v) is 6.17. The number of urea groups is 1. The molecular formula is C11H16N4O4. The highest BCUT2D eigenvalue weighted by molar-refractivity contribution is 5.76. The normalized spacial score (nSPS) is 19.2. The minimum Gasteiger partial charge on any atom is -0.481 e. The molecule has 8 nitrogen and oxygen atoms in total. The number of likely N-dealkylation sites (tertiary alicyclic amines) is 1. The molecule has 0 radical (unpaired) electrons. The number of aliphatic carboxylic acids is 1. The second-order valence-corrected chi connectivity index (χ2v) is 4.45. The summed E-state index contributed by atoms with van der Waals surface area (Å²) >= 11 is 0. The Kier molecular flexibility index (Phi) is 4.32. The Morgan fingerprint density at radius 3 is 3.11 bits per heavy atom. The maximum absolute atomic E-state index is 11.9. The third-order valence-electron chi connectivity index (χ3n) is 3.09. The highest BCUT2D eigenvalue weighted by Crippen LogP contribution is 2.16. The zero-order valence-corrected chi connectivity index (χ0v) is 10.4. The van der Waals surface area contributed by atoms with Gasteiger partial charge in [-0.15, -0.1) is 0 Å². The van der Waals surface area contributed by atoms with E-state index < -0.39 is 11.9 Å². The van der Waals surface area contributed by atoms with Crippen LogP contribution in [0.15, 0.2) is 10.9 Å². The zero-order valence-electron chi connectivity index (χ0n) is 10.4. The van der Waals surface area contributed by atoms with Crippen molar-refractivity contribution in [3.8, 4) is 0 Å². The van der Waals surface area contributed by atoms with Crippen LogP contribution in [0.25, 0.3) is 0 Å². The molecule has 0 aromatic carbocycles. The molecule has 2 rings (SSSR count). The van der Waals surface area contributed by atoms with E-state index in [0.29, 0.717) is 31.8 Å². The van der Waals surface area contributed by atoms with Crippen LogP contribution in [0, 0.1) is 5.92 Å². The molecule has 1 fully saturated rings. The monoisotopic (exact) mass is 268 g/mol. The van der Waals surface area contributed by atoms with Gasteiger partial charge in [0.2, 0.25) is 6.39 Å². The van der Waals surface area contributed by atoms with Gasteiger partial charge in [0.05, 0.1) is 5.92 Å². The molecule has 1 aromatic rings. The van der Waals surface area contributed by atoms with Gasteiger partial charge in [0, 0.05) is 26.1 Å². The van der Waals surface area contributed by atoms with Crippen molar-refractivity contribution < 1.29 is 19.2 Å². The largest absolute Gasteiger partial charge is 0.481 e. The number of aromatic nitrogens is 2. The molecule has 0 saturated carbocycles. The Labute approximate surface area is 109 Å². The van der Waals surface area contributed by atoms with Crippen LogP contribution >= 0.6 is 0 Å². The summed E-state index contributed by atoms with van der Waals surface area (Å²) in [5, 5.41) is 15.3. The van der Waals surface area contributed by atoms with Crippen LogP contribution in [0.2, 0.25) is 0 Å². The first kappa shape index (κ1) is 13.3. The summed E-state index contributed by atoms with van der Waals surface area (Å²) in [5.41, 5.74) is 0. The van der Waals surface area contributed by atoms with Crippen molar-refractivity contribution in [2.45, 2.75) is 19.3 Å². The summed E-state index contributed by atoms with van der Waals surface area (Å²) in [4.78, 5) is 28.1. The lowest BCUT2D eigenvalue weighted by atomic mass is 9.99. The molecule has 0 bridgehead atoms. The standard InChI is InChI=1S/C11H16N4O4/c16-10(17)8-2-1-5-15(6-8)11(18)12-4-3-9-13-7-19-14-9/h7-8H,1-6H2,(H,12,18)(H,16,17)/t8-/m0/s1. The van der Waals surface area contributed by atoms with Crippen molar-refractivity contribution in [3.05, 3.63) is 12.2 Å². The summed E-state index contributed by atoms with van der Waals surface area (Å²) in [7, 11) is 0. The van der Waals surface area contributed by atoms with Gasteiger partial charge in [0.15, 0.2) is 5.82 Å². The van der Waals surface area contributed by atoms with Gasteiger partial charge in [-0.05, 0) is 12.8 Å². The third kappa shape index (κ3) is 3.67. The Morgan fingerprint density at radius 2 is 2.42 bits per heavy atom. The van der Waals surface area contributed by atoms with Gasteiger partial charge in [-0.3, -0.25) is 4.79 Å². The molecule has 1 aliphatic rings. The second-order valence-electron chi connectivity index (χ2n) is 4.45. The van der Waals surface area contributed by atoms with Gasteiger partial charge in [-0.1, -0.05) is 5.16 Å². The number of carboxylic acids is 1. The number of amides is 2. The second kappa shape index (κ2) is 6.17. The van der Waals surface area contributed by atoms with Crippen molar-refractivity contribution in [2.24, 2.45) is 5.92 Å². The number of nitrogens with one attached hydrogen (secondary N) is 1. The fourth-order valence-electron chi connectivity index (χ4n) is 2.06. The quantitative estimate of drug-likeness (QED) is 0.802. The van der Waals surface area contributed by atoms with Crippen LogP contribution in [0.4, 0.5) is 4.79 Å². The molecule has 0 unspecified atom stereocenters. The number of carbonyl (C=O) groups is 2. The molecule has 0 spiro atoms. The van der Waals surface area contributed by atoms with E-state index in [0.717, 1.165) is 6.42 Å². The Morgan fingerprint density at radius 1 is 1.58 bits per heavy atom. The minimum atomic E-state index is -0.843. The van der Waals surface area contributed by atoms with E-state index in [1.807, 2.05) is 0 Å². The summed E-state index contributed by atoms with van der Waals surface area (Å²) in [6, 6.07) is -0.241. The number of carbonyl (C=O) groups excluding carboxylic acids is 1. The SMILES string of the molecule is O=C(O)[C@H]1CCCN(C(=O)NCCc2ncon2)C1.